The van der Waals surface area contributed by atoms with Gasteiger partial charge in [-0.3, -0.25) is 4.79 Å². The van der Waals surface area contributed by atoms with Crippen molar-refractivity contribution in [2.75, 3.05) is 19.8 Å². The van der Waals surface area contributed by atoms with Crippen molar-refractivity contribution in [2.45, 2.75) is 6.18 Å². The van der Waals surface area contributed by atoms with Crippen LogP contribution < -0.4 is 5.32 Å². The van der Waals surface area contributed by atoms with Gasteiger partial charge >= 0.3 is 6.18 Å². The molecule has 0 fully saturated rings. The van der Waals surface area contributed by atoms with E-state index in [9.17, 15) is 22.4 Å². The van der Waals surface area contributed by atoms with Gasteiger partial charge in [0.2, 0.25) is 0 Å². The summed E-state index contributed by atoms with van der Waals surface area (Å²) in [4.78, 5) is 11.5. The first-order valence-corrected chi connectivity index (χ1v) is 5.96. The van der Waals surface area contributed by atoms with Gasteiger partial charge in [-0.25, -0.2) is 4.39 Å². The Bertz CT molecular complexity index is 451. The van der Waals surface area contributed by atoms with Crippen LogP contribution in [0, 0.1) is 5.82 Å². The Hall–Kier alpha value is -1.15. The number of ether oxygens (including phenoxy) is 1. The van der Waals surface area contributed by atoms with Gasteiger partial charge in [0.15, 0.2) is 0 Å². The highest BCUT2D eigenvalue weighted by atomic mass is 79.9. The number of hydrogen-bond acceptors (Lipinski definition) is 2. The minimum absolute atomic E-state index is 0.0656. The summed E-state index contributed by atoms with van der Waals surface area (Å²) in [6.45, 7) is -1.68. The second kappa shape index (κ2) is 6.85. The molecule has 0 aromatic heterocycles. The zero-order chi connectivity index (χ0) is 14.5. The molecule has 0 heterocycles. The number of rotatable bonds is 5. The summed E-state index contributed by atoms with van der Waals surface area (Å²) >= 11 is 2.92. The molecule has 1 aromatic carbocycles. The third-order valence-corrected chi connectivity index (χ3v) is 2.59. The van der Waals surface area contributed by atoms with E-state index < -0.39 is 24.5 Å². The van der Waals surface area contributed by atoms with Crippen LogP contribution in [0.1, 0.15) is 10.4 Å². The van der Waals surface area contributed by atoms with E-state index in [0.717, 1.165) is 6.07 Å². The largest absolute Gasteiger partial charge is 0.411 e. The molecule has 0 saturated carbocycles. The number of benzene rings is 1. The summed E-state index contributed by atoms with van der Waals surface area (Å²) in [5.41, 5.74) is 0.198. The molecule has 1 amide bonds. The summed E-state index contributed by atoms with van der Waals surface area (Å²) in [7, 11) is 0. The first kappa shape index (κ1) is 15.9. The summed E-state index contributed by atoms with van der Waals surface area (Å²) in [5, 5.41) is 2.36. The van der Waals surface area contributed by atoms with Crippen LogP contribution in [0.25, 0.3) is 0 Å². The van der Waals surface area contributed by atoms with Gasteiger partial charge in [-0.15, -0.1) is 0 Å². The van der Waals surface area contributed by atoms with Crippen molar-refractivity contribution in [3.8, 4) is 0 Å². The van der Waals surface area contributed by atoms with E-state index in [1.165, 1.54) is 12.1 Å². The molecule has 19 heavy (non-hydrogen) atoms. The third kappa shape index (κ3) is 6.02. The Morgan fingerprint density at radius 3 is 2.63 bits per heavy atom. The van der Waals surface area contributed by atoms with E-state index in [4.69, 9.17) is 0 Å². The Morgan fingerprint density at radius 1 is 1.37 bits per heavy atom. The standard InChI is InChI=1S/C11H10BrF4NO2/c12-8-5-7(1-2-9(8)13)10(18)17-3-4-19-6-11(14,15)16/h1-2,5H,3-4,6H2,(H,17,18). The summed E-state index contributed by atoms with van der Waals surface area (Å²) in [6.07, 6.45) is -4.38. The zero-order valence-corrected chi connectivity index (χ0v) is 11.1. The second-order valence-electron chi connectivity index (χ2n) is 3.55. The molecule has 0 aliphatic heterocycles. The smallest absolute Gasteiger partial charge is 0.370 e. The fraction of sp³-hybridized carbons (Fsp3) is 0.364. The molecule has 8 heteroatoms. The van der Waals surface area contributed by atoms with E-state index >= 15 is 0 Å². The fourth-order valence-corrected chi connectivity index (χ4v) is 1.54. The maximum absolute atomic E-state index is 12.9. The van der Waals surface area contributed by atoms with Gasteiger partial charge in [0, 0.05) is 12.1 Å². The summed E-state index contributed by atoms with van der Waals surface area (Å²) in [5.74, 6) is -1.03. The van der Waals surface area contributed by atoms with Crippen LogP contribution >= 0.6 is 15.9 Å². The van der Waals surface area contributed by atoms with E-state index in [2.05, 4.69) is 26.0 Å². The van der Waals surface area contributed by atoms with Crippen LogP contribution in [0.5, 0.6) is 0 Å². The molecular formula is C11H10BrF4NO2. The van der Waals surface area contributed by atoms with Crippen molar-refractivity contribution >= 4 is 21.8 Å². The van der Waals surface area contributed by atoms with Crippen LogP contribution in [0.4, 0.5) is 17.6 Å². The van der Waals surface area contributed by atoms with Crippen LogP contribution in [-0.2, 0) is 4.74 Å². The maximum Gasteiger partial charge on any atom is 0.411 e. The first-order valence-electron chi connectivity index (χ1n) is 5.17. The van der Waals surface area contributed by atoms with Crippen molar-refractivity contribution in [3.05, 3.63) is 34.1 Å². The number of carbonyl (C=O) groups excluding carboxylic acids is 1. The highest BCUT2D eigenvalue weighted by Gasteiger charge is 2.27. The number of amides is 1. The van der Waals surface area contributed by atoms with Crippen LogP contribution in [0.2, 0.25) is 0 Å². The highest BCUT2D eigenvalue weighted by molar-refractivity contribution is 9.10. The van der Waals surface area contributed by atoms with Gasteiger partial charge in [0.1, 0.15) is 12.4 Å². The van der Waals surface area contributed by atoms with Crippen LogP contribution in [0.3, 0.4) is 0 Å². The molecule has 1 N–H and O–H groups in total. The van der Waals surface area contributed by atoms with Crippen molar-refractivity contribution in [1.82, 2.24) is 5.32 Å². The van der Waals surface area contributed by atoms with E-state index in [0.29, 0.717) is 0 Å². The highest BCUT2D eigenvalue weighted by Crippen LogP contribution is 2.16. The predicted octanol–water partition coefficient (Wildman–Crippen LogP) is 2.90. The topological polar surface area (TPSA) is 38.3 Å². The average Bonchev–Trinajstić information content (AvgIpc) is 2.30. The molecule has 0 bridgehead atoms. The van der Waals surface area contributed by atoms with Gasteiger partial charge in [0.25, 0.3) is 5.91 Å². The van der Waals surface area contributed by atoms with Gasteiger partial charge in [-0.2, -0.15) is 13.2 Å². The maximum atomic E-state index is 12.9. The lowest BCUT2D eigenvalue weighted by atomic mass is 10.2. The van der Waals surface area contributed by atoms with E-state index in [1.807, 2.05) is 0 Å². The Labute approximate surface area is 115 Å². The molecule has 0 radical (unpaired) electrons. The second-order valence-corrected chi connectivity index (χ2v) is 4.41. The van der Waals surface area contributed by atoms with Crippen molar-refractivity contribution in [3.63, 3.8) is 0 Å². The first-order chi connectivity index (χ1) is 8.79. The molecule has 0 aliphatic rings. The van der Waals surface area contributed by atoms with Gasteiger partial charge in [-0.05, 0) is 34.1 Å². The molecule has 3 nitrogen and oxygen atoms in total. The number of halogens is 5. The lowest BCUT2D eigenvalue weighted by Gasteiger charge is -2.08. The third-order valence-electron chi connectivity index (χ3n) is 1.98. The monoisotopic (exact) mass is 343 g/mol. The Kier molecular flexibility index (Phi) is 5.74. The van der Waals surface area contributed by atoms with E-state index in [1.54, 1.807) is 0 Å². The number of carbonyl (C=O) groups is 1. The van der Waals surface area contributed by atoms with Crippen molar-refractivity contribution < 1.29 is 27.1 Å². The lowest BCUT2D eigenvalue weighted by molar-refractivity contribution is -0.173. The molecule has 106 valence electrons. The molecule has 1 aromatic rings. The SMILES string of the molecule is O=C(NCCOCC(F)(F)F)c1ccc(F)c(Br)c1. The molecule has 0 spiro atoms. The summed E-state index contributed by atoms with van der Waals surface area (Å²) in [6, 6.07) is 3.66. The average molecular weight is 344 g/mol. The normalized spacial score (nSPS) is 11.4. The number of nitrogens with one attached hydrogen (secondary N) is 1. The Morgan fingerprint density at radius 2 is 2.05 bits per heavy atom. The molecular weight excluding hydrogens is 334 g/mol. The molecule has 0 aliphatic carbocycles. The molecule has 0 unspecified atom stereocenters. The minimum Gasteiger partial charge on any atom is -0.370 e. The van der Waals surface area contributed by atoms with Gasteiger partial charge in [0.05, 0.1) is 11.1 Å². The van der Waals surface area contributed by atoms with Crippen molar-refractivity contribution in [2.24, 2.45) is 0 Å². The quantitative estimate of drug-likeness (QED) is 0.659. The minimum atomic E-state index is -4.38. The molecule has 0 saturated heterocycles. The molecule has 0 atom stereocenters. The van der Waals surface area contributed by atoms with Gasteiger partial charge < -0.3 is 10.1 Å². The Balaban J connectivity index is 2.33. The van der Waals surface area contributed by atoms with Crippen molar-refractivity contribution in [1.29, 1.82) is 0 Å². The predicted molar refractivity (Wildman–Crippen MR) is 63.3 cm³/mol. The zero-order valence-electron chi connectivity index (χ0n) is 9.56. The number of hydrogen-bond donors (Lipinski definition) is 1. The lowest BCUT2D eigenvalue weighted by Crippen LogP contribution is -2.28. The molecule has 1 rings (SSSR count). The van der Waals surface area contributed by atoms with Crippen LogP contribution in [0.15, 0.2) is 22.7 Å². The fourth-order valence-electron chi connectivity index (χ4n) is 1.16. The van der Waals surface area contributed by atoms with Crippen LogP contribution in [-0.4, -0.2) is 31.8 Å². The van der Waals surface area contributed by atoms with E-state index in [-0.39, 0.29) is 23.2 Å². The summed E-state index contributed by atoms with van der Waals surface area (Å²) < 4.78 is 52.6. The van der Waals surface area contributed by atoms with Gasteiger partial charge in [-0.1, -0.05) is 0 Å². The number of alkyl halides is 3.